The second kappa shape index (κ2) is 9.08. The summed E-state index contributed by atoms with van der Waals surface area (Å²) in [6, 6.07) is 7.65. The average molecular weight is 466 g/mol. The maximum Gasteiger partial charge on any atom is 0.411 e. The van der Waals surface area contributed by atoms with Crippen LogP contribution in [0.5, 0.6) is 0 Å². The number of aromatic nitrogens is 4. The first-order valence-electron chi connectivity index (χ1n) is 10.8. The number of carbonyl (C=O) groups is 3. The number of anilines is 1. The van der Waals surface area contributed by atoms with Crippen LogP contribution in [0.2, 0.25) is 0 Å². The molecule has 1 fully saturated rings. The van der Waals surface area contributed by atoms with Gasteiger partial charge in [-0.25, -0.2) is 24.5 Å². The van der Waals surface area contributed by atoms with Crippen LogP contribution in [-0.2, 0) is 14.3 Å². The van der Waals surface area contributed by atoms with Crippen molar-refractivity contribution in [2.75, 3.05) is 19.0 Å². The molecule has 1 aliphatic heterocycles. The van der Waals surface area contributed by atoms with Crippen molar-refractivity contribution in [2.24, 2.45) is 0 Å². The molecule has 0 bridgehead atoms. The monoisotopic (exact) mass is 466 g/mol. The van der Waals surface area contributed by atoms with Crippen LogP contribution in [0.1, 0.15) is 43.6 Å². The molecule has 4 rings (SSSR count). The van der Waals surface area contributed by atoms with Crippen LogP contribution < -0.4 is 5.32 Å². The predicted octanol–water partition coefficient (Wildman–Crippen LogP) is 2.80. The summed E-state index contributed by atoms with van der Waals surface area (Å²) in [7, 11) is 1.28. The third-order valence-corrected chi connectivity index (χ3v) is 5.40. The van der Waals surface area contributed by atoms with Gasteiger partial charge in [-0.15, -0.1) is 0 Å². The number of nitrogens with zero attached hydrogens (tertiary/aromatic N) is 5. The van der Waals surface area contributed by atoms with Gasteiger partial charge in [-0.1, -0.05) is 18.2 Å². The van der Waals surface area contributed by atoms with E-state index in [-0.39, 0.29) is 24.3 Å². The van der Waals surface area contributed by atoms with Crippen LogP contribution in [0.15, 0.2) is 43.0 Å². The van der Waals surface area contributed by atoms with Crippen LogP contribution >= 0.6 is 0 Å². The Morgan fingerprint density at radius 2 is 1.82 bits per heavy atom. The van der Waals surface area contributed by atoms with Crippen molar-refractivity contribution in [2.45, 2.75) is 44.9 Å². The first-order valence-corrected chi connectivity index (χ1v) is 10.8. The summed E-state index contributed by atoms with van der Waals surface area (Å²) in [4.78, 5) is 52.1. The topological polar surface area (TPSA) is 129 Å². The normalized spacial score (nSPS) is 18.1. The Labute approximate surface area is 196 Å². The lowest BCUT2D eigenvalue weighted by Crippen LogP contribution is -2.43. The van der Waals surface area contributed by atoms with Gasteiger partial charge in [0.05, 0.1) is 19.5 Å². The molecule has 0 radical (unpaired) electrons. The van der Waals surface area contributed by atoms with Gasteiger partial charge in [0.15, 0.2) is 17.0 Å². The second-order valence-electron chi connectivity index (χ2n) is 8.93. The van der Waals surface area contributed by atoms with E-state index >= 15 is 0 Å². The lowest BCUT2D eigenvalue weighted by molar-refractivity contribution is -0.145. The standard InChI is InChI=1S/C23H26N6O5/c1-23(2,3)34-22(32)28-11-15(10-16(28)21(31)33-4)29-13-26-17-18(24-12-25-19(17)29)27-20(30)14-8-6-5-7-9-14/h5-9,12-13,15-16H,10-11H2,1-4H3,(H,24,25,27,30)/t15-,16-/m1/s1. The summed E-state index contributed by atoms with van der Waals surface area (Å²) in [5.41, 5.74) is 0.643. The molecule has 2 amide bonds. The number of fused-ring (bicyclic) bond motifs is 1. The summed E-state index contributed by atoms with van der Waals surface area (Å²) in [6.45, 7) is 5.49. The van der Waals surface area contributed by atoms with E-state index in [2.05, 4.69) is 20.3 Å². The minimum absolute atomic E-state index is 0.204. The van der Waals surface area contributed by atoms with Gasteiger partial charge in [0.2, 0.25) is 0 Å². The zero-order chi connectivity index (χ0) is 24.5. The highest BCUT2D eigenvalue weighted by Gasteiger charge is 2.43. The van der Waals surface area contributed by atoms with Crippen LogP contribution in [0.4, 0.5) is 10.6 Å². The molecule has 0 aliphatic carbocycles. The molecular formula is C23H26N6O5. The van der Waals surface area contributed by atoms with E-state index < -0.39 is 23.7 Å². The Morgan fingerprint density at radius 3 is 2.50 bits per heavy atom. The summed E-state index contributed by atoms with van der Waals surface area (Å²) in [5, 5.41) is 2.77. The Balaban J connectivity index is 1.61. The lowest BCUT2D eigenvalue weighted by atomic mass is 10.1. The second-order valence-corrected chi connectivity index (χ2v) is 8.93. The van der Waals surface area contributed by atoms with Crippen LogP contribution in [0.25, 0.3) is 11.2 Å². The lowest BCUT2D eigenvalue weighted by Gasteiger charge is -2.27. The Kier molecular flexibility index (Phi) is 6.18. The van der Waals surface area contributed by atoms with Crippen LogP contribution in [0.3, 0.4) is 0 Å². The minimum Gasteiger partial charge on any atom is -0.467 e. The minimum atomic E-state index is -0.804. The van der Waals surface area contributed by atoms with E-state index in [4.69, 9.17) is 9.47 Å². The van der Waals surface area contributed by atoms with Crippen molar-refractivity contribution in [3.8, 4) is 0 Å². The van der Waals surface area contributed by atoms with Gasteiger partial charge in [0.25, 0.3) is 5.91 Å². The third-order valence-electron chi connectivity index (χ3n) is 5.40. The highest BCUT2D eigenvalue weighted by atomic mass is 16.6. The molecule has 3 aromatic rings. The van der Waals surface area contributed by atoms with E-state index in [9.17, 15) is 14.4 Å². The zero-order valence-electron chi connectivity index (χ0n) is 19.4. The molecule has 2 atom stereocenters. The van der Waals surface area contributed by atoms with Crippen molar-refractivity contribution in [1.82, 2.24) is 24.4 Å². The first kappa shape index (κ1) is 23.1. The highest BCUT2D eigenvalue weighted by molar-refractivity contribution is 6.06. The number of esters is 1. The molecule has 3 heterocycles. The van der Waals surface area contributed by atoms with Crippen molar-refractivity contribution in [3.05, 3.63) is 48.5 Å². The van der Waals surface area contributed by atoms with Crippen molar-refractivity contribution in [1.29, 1.82) is 0 Å². The molecule has 1 aromatic carbocycles. The molecule has 0 unspecified atom stereocenters. The number of benzene rings is 1. The summed E-state index contributed by atoms with van der Waals surface area (Å²) in [5.74, 6) is -0.579. The maximum absolute atomic E-state index is 12.8. The highest BCUT2D eigenvalue weighted by Crippen LogP contribution is 2.32. The largest absolute Gasteiger partial charge is 0.467 e. The number of rotatable bonds is 4. The summed E-state index contributed by atoms with van der Waals surface area (Å²) < 4.78 is 12.2. The van der Waals surface area contributed by atoms with E-state index in [1.807, 2.05) is 6.07 Å². The molecule has 34 heavy (non-hydrogen) atoms. The fraction of sp³-hybridized carbons (Fsp3) is 0.391. The van der Waals surface area contributed by atoms with E-state index in [1.54, 1.807) is 55.9 Å². The molecule has 1 aliphatic rings. The number of ether oxygens (including phenoxy) is 2. The summed E-state index contributed by atoms with van der Waals surface area (Å²) >= 11 is 0. The van der Waals surface area contributed by atoms with Gasteiger partial charge in [-0.05, 0) is 32.9 Å². The number of carbonyl (C=O) groups excluding carboxylic acids is 3. The summed E-state index contributed by atoms with van der Waals surface area (Å²) in [6.07, 6.45) is 2.60. The Hall–Kier alpha value is -4.02. The number of methoxy groups -OCH3 is 1. The smallest absolute Gasteiger partial charge is 0.411 e. The van der Waals surface area contributed by atoms with Crippen LogP contribution in [0, 0.1) is 0 Å². The number of likely N-dealkylation sites (tertiary alicyclic amines) is 1. The molecule has 1 N–H and O–H groups in total. The van der Waals surface area contributed by atoms with Gasteiger partial charge in [0.1, 0.15) is 18.0 Å². The van der Waals surface area contributed by atoms with Gasteiger partial charge < -0.3 is 19.4 Å². The van der Waals surface area contributed by atoms with Crippen molar-refractivity contribution < 1.29 is 23.9 Å². The molecule has 11 heteroatoms. The molecule has 0 spiro atoms. The number of imidazole rings is 1. The van der Waals surface area contributed by atoms with E-state index in [0.717, 1.165) is 0 Å². The van der Waals surface area contributed by atoms with Crippen molar-refractivity contribution >= 4 is 35.0 Å². The van der Waals surface area contributed by atoms with Gasteiger partial charge in [-0.2, -0.15) is 0 Å². The number of amides is 2. The number of hydrogen-bond acceptors (Lipinski definition) is 8. The fourth-order valence-electron chi connectivity index (χ4n) is 3.88. The zero-order valence-corrected chi connectivity index (χ0v) is 19.4. The SMILES string of the molecule is COC(=O)[C@H]1C[C@@H](n2cnc3c(NC(=O)c4ccccc4)ncnc32)CN1C(=O)OC(C)(C)C. The molecule has 11 nitrogen and oxygen atoms in total. The molecule has 0 saturated carbocycles. The van der Waals surface area contributed by atoms with Gasteiger partial charge in [-0.3, -0.25) is 9.69 Å². The maximum atomic E-state index is 12.8. The van der Waals surface area contributed by atoms with Crippen LogP contribution in [-0.4, -0.2) is 67.7 Å². The van der Waals surface area contributed by atoms with E-state index in [0.29, 0.717) is 23.1 Å². The number of nitrogens with one attached hydrogen (secondary N) is 1. The van der Waals surface area contributed by atoms with Gasteiger partial charge in [0, 0.05) is 18.5 Å². The molecule has 2 aromatic heterocycles. The predicted molar refractivity (Wildman–Crippen MR) is 122 cm³/mol. The third kappa shape index (κ3) is 4.68. The number of hydrogen-bond donors (Lipinski definition) is 1. The van der Waals surface area contributed by atoms with Crippen molar-refractivity contribution in [3.63, 3.8) is 0 Å². The molecular weight excluding hydrogens is 440 g/mol. The fourth-order valence-corrected chi connectivity index (χ4v) is 3.88. The van der Waals surface area contributed by atoms with E-state index in [1.165, 1.54) is 18.3 Å². The quantitative estimate of drug-likeness (QED) is 0.581. The Bertz CT molecular complexity index is 1220. The molecule has 1 saturated heterocycles. The molecule has 178 valence electrons. The average Bonchev–Trinajstić information content (AvgIpc) is 3.43. The van der Waals surface area contributed by atoms with Gasteiger partial charge >= 0.3 is 12.1 Å². The Morgan fingerprint density at radius 1 is 1.09 bits per heavy atom. The first-order chi connectivity index (χ1) is 16.2.